The Kier molecular flexibility index (Phi) is 2.54. The molecule has 1 aliphatic rings. The minimum Gasteiger partial charge on any atom is -0.481 e. The third-order valence-electron chi connectivity index (χ3n) is 2.39. The first-order valence-electron chi connectivity index (χ1n) is 4.46. The van der Waals surface area contributed by atoms with Crippen molar-refractivity contribution in [1.29, 1.82) is 0 Å². The monoisotopic (exact) mass is 259 g/mol. The van der Waals surface area contributed by atoms with E-state index in [1.807, 2.05) is 0 Å². The van der Waals surface area contributed by atoms with Gasteiger partial charge in [0.1, 0.15) is 5.82 Å². The highest BCUT2D eigenvalue weighted by atomic mass is 79.9. The standard InChI is InChI=1S/C8H10BrN3O2/c9-8-10-6-2-1-5(3-7(13)14)4-12(6)11-8/h5H,1-4H2,(H,13,14). The summed E-state index contributed by atoms with van der Waals surface area (Å²) in [7, 11) is 0. The van der Waals surface area contributed by atoms with Crippen molar-refractivity contribution in [2.45, 2.75) is 25.8 Å². The molecule has 0 spiro atoms. The van der Waals surface area contributed by atoms with Gasteiger partial charge in [-0.3, -0.25) is 4.79 Å². The lowest BCUT2D eigenvalue weighted by molar-refractivity contribution is -0.138. The fourth-order valence-electron chi connectivity index (χ4n) is 1.76. The number of aliphatic carboxylic acids is 1. The second-order valence-corrected chi connectivity index (χ2v) is 4.19. The van der Waals surface area contributed by atoms with Crippen LogP contribution in [0.3, 0.4) is 0 Å². The predicted octanol–water partition coefficient (Wildman–Crippen LogP) is 1.08. The van der Waals surface area contributed by atoms with Crippen LogP contribution in [0.4, 0.5) is 0 Å². The molecule has 0 amide bonds. The third kappa shape index (κ3) is 1.95. The molecule has 1 aromatic rings. The molecule has 0 saturated heterocycles. The number of carboxylic acids is 1. The van der Waals surface area contributed by atoms with Gasteiger partial charge in [-0.15, -0.1) is 5.10 Å². The Hall–Kier alpha value is -0.910. The van der Waals surface area contributed by atoms with E-state index in [1.165, 1.54) is 0 Å². The lowest BCUT2D eigenvalue weighted by atomic mass is 9.96. The summed E-state index contributed by atoms with van der Waals surface area (Å²) in [5, 5.41) is 12.8. The molecule has 0 bridgehead atoms. The normalized spacial score (nSPS) is 20.5. The average molecular weight is 260 g/mol. The fourth-order valence-corrected chi connectivity index (χ4v) is 2.15. The molecule has 0 radical (unpaired) electrons. The van der Waals surface area contributed by atoms with E-state index in [4.69, 9.17) is 5.11 Å². The Morgan fingerprint density at radius 1 is 1.71 bits per heavy atom. The third-order valence-corrected chi connectivity index (χ3v) is 2.73. The second kappa shape index (κ2) is 3.68. The van der Waals surface area contributed by atoms with Gasteiger partial charge < -0.3 is 5.11 Å². The number of fused-ring (bicyclic) bond motifs is 1. The van der Waals surface area contributed by atoms with Crippen LogP contribution >= 0.6 is 15.9 Å². The summed E-state index contributed by atoms with van der Waals surface area (Å²) in [6.07, 6.45) is 1.92. The van der Waals surface area contributed by atoms with Crippen LogP contribution in [0.25, 0.3) is 0 Å². The fraction of sp³-hybridized carbons (Fsp3) is 0.625. The smallest absolute Gasteiger partial charge is 0.303 e. The number of halogens is 1. The average Bonchev–Trinajstić information content (AvgIpc) is 2.42. The highest BCUT2D eigenvalue weighted by Crippen LogP contribution is 2.22. The van der Waals surface area contributed by atoms with Gasteiger partial charge in [-0.2, -0.15) is 0 Å². The maximum Gasteiger partial charge on any atom is 0.303 e. The molecule has 14 heavy (non-hydrogen) atoms. The van der Waals surface area contributed by atoms with Gasteiger partial charge in [0.05, 0.1) is 0 Å². The quantitative estimate of drug-likeness (QED) is 0.863. The van der Waals surface area contributed by atoms with Crippen LogP contribution in [-0.4, -0.2) is 25.8 Å². The number of aromatic nitrogens is 3. The number of carbonyl (C=O) groups is 1. The molecule has 1 aliphatic heterocycles. The van der Waals surface area contributed by atoms with Crippen LogP contribution in [0.1, 0.15) is 18.7 Å². The summed E-state index contributed by atoms with van der Waals surface area (Å²) in [5.41, 5.74) is 0. The van der Waals surface area contributed by atoms with Crippen molar-refractivity contribution < 1.29 is 9.90 Å². The van der Waals surface area contributed by atoms with E-state index < -0.39 is 5.97 Å². The molecule has 1 aromatic heterocycles. The molecule has 5 nitrogen and oxygen atoms in total. The molecule has 2 rings (SSSR count). The lowest BCUT2D eigenvalue weighted by Gasteiger charge is -2.20. The maximum absolute atomic E-state index is 10.5. The molecular formula is C8H10BrN3O2. The zero-order valence-electron chi connectivity index (χ0n) is 7.48. The molecule has 0 saturated carbocycles. The summed E-state index contributed by atoms with van der Waals surface area (Å²) in [4.78, 5) is 14.7. The number of hydrogen-bond donors (Lipinski definition) is 1. The van der Waals surface area contributed by atoms with Gasteiger partial charge in [-0.1, -0.05) is 0 Å². The first-order valence-corrected chi connectivity index (χ1v) is 5.25. The van der Waals surface area contributed by atoms with Gasteiger partial charge in [-0.25, -0.2) is 9.67 Å². The van der Waals surface area contributed by atoms with Crippen LogP contribution in [-0.2, 0) is 17.8 Å². The Balaban J connectivity index is 2.09. The molecule has 0 aliphatic carbocycles. The second-order valence-electron chi connectivity index (χ2n) is 3.48. The Morgan fingerprint density at radius 2 is 2.50 bits per heavy atom. The van der Waals surface area contributed by atoms with Gasteiger partial charge in [-0.05, 0) is 28.3 Å². The van der Waals surface area contributed by atoms with E-state index >= 15 is 0 Å². The molecule has 2 heterocycles. The van der Waals surface area contributed by atoms with E-state index in [0.717, 1.165) is 18.7 Å². The molecule has 0 aromatic carbocycles. The summed E-state index contributed by atoms with van der Waals surface area (Å²) >= 11 is 3.20. The van der Waals surface area contributed by atoms with Crippen molar-refractivity contribution in [2.24, 2.45) is 5.92 Å². The number of rotatable bonds is 2. The van der Waals surface area contributed by atoms with Gasteiger partial charge >= 0.3 is 5.97 Å². The van der Waals surface area contributed by atoms with Crippen LogP contribution in [0, 0.1) is 5.92 Å². The zero-order valence-corrected chi connectivity index (χ0v) is 9.07. The Labute approximate surface area is 89.3 Å². The summed E-state index contributed by atoms with van der Waals surface area (Å²) in [5.74, 6) is 0.393. The van der Waals surface area contributed by atoms with Crippen LogP contribution in [0.5, 0.6) is 0 Å². The molecule has 76 valence electrons. The van der Waals surface area contributed by atoms with Crippen molar-refractivity contribution in [3.05, 3.63) is 10.6 Å². The van der Waals surface area contributed by atoms with Crippen LogP contribution in [0.2, 0.25) is 0 Å². The summed E-state index contributed by atoms with van der Waals surface area (Å²) in [6, 6.07) is 0. The van der Waals surface area contributed by atoms with E-state index in [1.54, 1.807) is 4.68 Å². The first-order chi connectivity index (χ1) is 6.65. The highest BCUT2D eigenvalue weighted by molar-refractivity contribution is 9.10. The predicted molar refractivity (Wildman–Crippen MR) is 51.8 cm³/mol. The summed E-state index contributed by atoms with van der Waals surface area (Å²) in [6.45, 7) is 0.667. The number of nitrogens with zero attached hydrogens (tertiary/aromatic N) is 3. The Morgan fingerprint density at radius 3 is 3.21 bits per heavy atom. The molecule has 1 N–H and O–H groups in total. The topological polar surface area (TPSA) is 68.0 Å². The minimum atomic E-state index is -0.738. The van der Waals surface area contributed by atoms with Crippen molar-refractivity contribution in [3.63, 3.8) is 0 Å². The van der Waals surface area contributed by atoms with Crippen molar-refractivity contribution >= 4 is 21.9 Å². The first kappa shape index (κ1) is 9.64. The van der Waals surface area contributed by atoms with Gasteiger partial charge in [0, 0.05) is 19.4 Å². The SMILES string of the molecule is O=C(O)CC1CCc2nc(Br)nn2C1. The lowest BCUT2D eigenvalue weighted by Crippen LogP contribution is -2.23. The van der Waals surface area contributed by atoms with Gasteiger partial charge in [0.25, 0.3) is 0 Å². The number of carboxylic acid groups (broad SMARTS) is 1. The van der Waals surface area contributed by atoms with Gasteiger partial charge in [0.2, 0.25) is 4.73 Å². The van der Waals surface area contributed by atoms with E-state index in [9.17, 15) is 4.79 Å². The van der Waals surface area contributed by atoms with E-state index in [2.05, 4.69) is 26.0 Å². The van der Waals surface area contributed by atoms with Crippen molar-refractivity contribution in [2.75, 3.05) is 0 Å². The summed E-state index contributed by atoms with van der Waals surface area (Å²) < 4.78 is 2.38. The van der Waals surface area contributed by atoms with Crippen molar-refractivity contribution in [1.82, 2.24) is 14.8 Å². The largest absolute Gasteiger partial charge is 0.481 e. The van der Waals surface area contributed by atoms with Crippen molar-refractivity contribution in [3.8, 4) is 0 Å². The number of hydrogen-bond acceptors (Lipinski definition) is 3. The minimum absolute atomic E-state index is 0.189. The zero-order chi connectivity index (χ0) is 10.1. The van der Waals surface area contributed by atoms with Crippen LogP contribution in [0.15, 0.2) is 4.73 Å². The van der Waals surface area contributed by atoms with E-state index in [0.29, 0.717) is 11.3 Å². The molecule has 1 atom stereocenters. The molecular weight excluding hydrogens is 250 g/mol. The van der Waals surface area contributed by atoms with Crippen LogP contribution < -0.4 is 0 Å². The number of aryl methyl sites for hydroxylation is 1. The molecule has 6 heteroatoms. The maximum atomic E-state index is 10.5. The molecule has 0 fully saturated rings. The molecule has 1 unspecified atom stereocenters. The van der Waals surface area contributed by atoms with E-state index in [-0.39, 0.29) is 12.3 Å². The Bertz CT molecular complexity index is 363. The highest BCUT2D eigenvalue weighted by Gasteiger charge is 2.22. The van der Waals surface area contributed by atoms with Gasteiger partial charge in [0.15, 0.2) is 0 Å².